The number of amides is 2. The fourth-order valence-corrected chi connectivity index (χ4v) is 4.39. The summed E-state index contributed by atoms with van der Waals surface area (Å²) in [4.78, 5) is 26.3. The van der Waals surface area contributed by atoms with Crippen molar-refractivity contribution in [1.29, 1.82) is 0 Å². The van der Waals surface area contributed by atoms with Crippen molar-refractivity contribution in [3.05, 3.63) is 18.2 Å². The average molecular weight is 359 g/mol. The number of hydrogen-bond donors (Lipinski definition) is 2. The van der Waals surface area contributed by atoms with Gasteiger partial charge in [0.1, 0.15) is 5.75 Å². The van der Waals surface area contributed by atoms with Gasteiger partial charge < -0.3 is 15.4 Å². The Kier molecular flexibility index (Phi) is 6.14. The molecule has 2 amide bonds. The zero-order valence-electron chi connectivity index (χ0n) is 15.7. The number of piperidine rings is 1. The van der Waals surface area contributed by atoms with Gasteiger partial charge in [-0.1, -0.05) is 12.8 Å². The molecule has 1 heterocycles. The Morgan fingerprint density at radius 3 is 2.69 bits per heavy atom. The molecule has 0 spiro atoms. The predicted octanol–water partition coefficient (Wildman–Crippen LogP) is 3.25. The SMILES string of the molecule is COc1ccc(NC(C)=O)cc1NC(=O)CN1CCC[C@H]2CCCC[C@@H]21. The van der Waals surface area contributed by atoms with Gasteiger partial charge in [-0.25, -0.2) is 0 Å². The maximum Gasteiger partial charge on any atom is 0.238 e. The van der Waals surface area contributed by atoms with Gasteiger partial charge in [0.25, 0.3) is 0 Å². The van der Waals surface area contributed by atoms with Crippen molar-refractivity contribution in [3.63, 3.8) is 0 Å². The molecule has 1 saturated heterocycles. The number of carbonyl (C=O) groups excluding carboxylic acids is 2. The molecule has 1 aromatic rings. The molecule has 26 heavy (non-hydrogen) atoms. The number of carbonyl (C=O) groups is 2. The summed E-state index contributed by atoms with van der Waals surface area (Å²) in [7, 11) is 1.57. The normalized spacial score (nSPS) is 23.0. The molecule has 1 aromatic carbocycles. The number of fused-ring (bicyclic) bond motifs is 1. The highest BCUT2D eigenvalue weighted by Crippen LogP contribution is 2.35. The quantitative estimate of drug-likeness (QED) is 0.847. The molecule has 3 rings (SSSR count). The van der Waals surface area contributed by atoms with Crippen molar-refractivity contribution in [2.45, 2.75) is 51.5 Å². The second-order valence-corrected chi connectivity index (χ2v) is 7.37. The van der Waals surface area contributed by atoms with Crippen molar-refractivity contribution >= 4 is 23.2 Å². The summed E-state index contributed by atoms with van der Waals surface area (Å²) in [5.74, 6) is 1.16. The molecule has 0 radical (unpaired) electrons. The van der Waals surface area contributed by atoms with Gasteiger partial charge in [-0.3, -0.25) is 14.5 Å². The van der Waals surface area contributed by atoms with E-state index in [0.29, 0.717) is 29.7 Å². The zero-order valence-corrected chi connectivity index (χ0v) is 15.7. The van der Waals surface area contributed by atoms with Gasteiger partial charge in [-0.05, 0) is 56.3 Å². The molecular weight excluding hydrogens is 330 g/mol. The van der Waals surface area contributed by atoms with E-state index < -0.39 is 0 Å². The first-order valence-corrected chi connectivity index (χ1v) is 9.56. The third-order valence-corrected chi connectivity index (χ3v) is 5.50. The Morgan fingerprint density at radius 1 is 1.15 bits per heavy atom. The van der Waals surface area contributed by atoms with Crippen LogP contribution in [0.15, 0.2) is 18.2 Å². The lowest BCUT2D eigenvalue weighted by Crippen LogP contribution is -2.49. The minimum Gasteiger partial charge on any atom is -0.495 e. The van der Waals surface area contributed by atoms with Crippen LogP contribution in [0.25, 0.3) is 0 Å². The molecule has 6 heteroatoms. The van der Waals surface area contributed by atoms with Gasteiger partial charge in [-0.15, -0.1) is 0 Å². The largest absolute Gasteiger partial charge is 0.495 e. The molecule has 6 nitrogen and oxygen atoms in total. The fourth-order valence-electron chi connectivity index (χ4n) is 4.39. The Bertz CT molecular complexity index is 660. The first-order chi connectivity index (χ1) is 12.6. The number of hydrogen-bond acceptors (Lipinski definition) is 4. The van der Waals surface area contributed by atoms with Crippen molar-refractivity contribution in [3.8, 4) is 5.75 Å². The second-order valence-electron chi connectivity index (χ2n) is 7.37. The molecule has 0 unspecified atom stereocenters. The van der Waals surface area contributed by atoms with Crippen LogP contribution in [0.4, 0.5) is 11.4 Å². The van der Waals surface area contributed by atoms with E-state index >= 15 is 0 Å². The van der Waals surface area contributed by atoms with Gasteiger partial charge in [0.2, 0.25) is 11.8 Å². The Morgan fingerprint density at radius 2 is 1.92 bits per heavy atom. The Labute approximate surface area is 155 Å². The Balaban J connectivity index is 1.66. The summed E-state index contributed by atoms with van der Waals surface area (Å²) in [6.07, 6.45) is 7.58. The first-order valence-electron chi connectivity index (χ1n) is 9.56. The van der Waals surface area contributed by atoms with Crippen LogP contribution < -0.4 is 15.4 Å². The number of rotatable bonds is 5. The predicted molar refractivity (Wildman–Crippen MR) is 102 cm³/mol. The molecule has 0 bridgehead atoms. The summed E-state index contributed by atoms with van der Waals surface area (Å²) in [6.45, 7) is 2.87. The molecule has 2 N–H and O–H groups in total. The minimum atomic E-state index is -0.149. The summed E-state index contributed by atoms with van der Waals surface area (Å²) < 4.78 is 5.34. The van der Waals surface area contributed by atoms with Crippen LogP contribution in [-0.4, -0.2) is 43.0 Å². The highest BCUT2D eigenvalue weighted by atomic mass is 16.5. The van der Waals surface area contributed by atoms with Crippen LogP contribution >= 0.6 is 0 Å². The third kappa shape index (κ3) is 4.55. The van der Waals surface area contributed by atoms with Gasteiger partial charge in [0.05, 0.1) is 19.3 Å². The molecule has 1 aliphatic heterocycles. The number of methoxy groups -OCH3 is 1. The molecular formula is C20H29N3O3. The van der Waals surface area contributed by atoms with Gasteiger partial charge in [0, 0.05) is 18.7 Å². The molecule has 2 fully saturated rings. The zero-order chi connectivity index (χ0) is 18.5. The van der Waals surface area contributed by atoms with Gasteiger partial charge in [0.15, 0.2) is 0 Å². The van der Waals surface area contributed by atoms with Crippen LogP contribution in [0, 0.1) is 5.92 Å². The molecule has 2 aliphatic rings. The lowest BCUT2D eigenvalue weighted by Gasteiger charge is -2.43. The first kappa shape index (κ1) is 18.7. The van der Waals surface area contributed by atoms with E-state index in [4.69, 9.17) is 4.74 Å². The molecule has 0 aromatic heterocycles. The lowest BCUT2D eigenvalue weighted by atomic mass is 9.78. The number of benzene rings is 1. The van der Waals surface area contributed by atoms with Crippen molar-refractivity contribution < 1.29 is 14.3 Å². The number of nitrogens with zero attached hydrogens (tertiary/aromatic N) is 1. The van der Waals surface area contributed by atoms with Gasteiger partial charge in [-0.2, -0.15) is 0 Å². The van der Waals surface area contributed by atoms with Crippen LogP contribution in [0.1, 0.15) is 45.4 Å². The van der Waals surface area contributed by atoms with Gasteiger partial charge >= 0.3 is 0 Å². The monoisotopic (exact) mass is 359 g/mol. The van der Waals surface area contributed by atoms with Crippen molar-refractivity contribution in [2.75, 3.05) is 30.8 Å². The topological polar surface area (TPSA) is 70.7 Å². The fraction of sp³-hybridized carbons (Fsp3) is 0.600. The van der Waals surface area contributed by atoms with E-state index in [1.807, 2.05) is 0 Å². The molecule has 2 atom stereocenters. The smallest absolute Gasteiger partial charge is 0.238 e. The van der Waals surface area contributed by atoms with E-state index in [2.05, 4.69) is 15.5 Å². The molecule has 1 aliphatic carbocycles. The van der Waals surface area contributed by atoms with E-state index in [1.165, 1.54) is 45.4 Å². The average Bonchev–Trinajstić information content (AvgIpc) is 2.62. The highest BCUT2D eigenvalue weighted by Gasteiger charge is 2.33. The second kappa shape index (κ2) is 8.54. The van der Waals surface area contributed by atoms with Crippen molar-refractivity contribution in [2.24, 2.45) is 5.92 Å². The number of likely N-dealkylation sites (tertiary alicyclic amines) is 1. The molecule has 142 valence electrons. The van der Waals surface area contributed by atoms with Crippen LogP contribution in [0.2, 0.25) is 0 Å². The summed E-state index contributed by atoms with van der Waals surface area (Å²) in [5, 5.41) is 5.69. The Hall–Kier alpha value is -2.08. The number of anilines is 2. The maximum atomic E-state index is 12.7. The summed E-state index contributed by atoms with van der Waals surface area (Å²) >= 11 is 0. The lowest BCUT2D eigenvalue weighted by molar-refractivity contribution is -0.119. The number of ether oxygens (including phenoxy) is 1. The minimum absolute atomic E-state index is 0.0329. The standard InChI is InChI=1S/C20H29N3O3/c1-14(24)21-16-9-10-19(26-2)17(12-16)22-20(25)13-23-11-5-7-15-6-3-4-8-18(15)23/h9-10,12,15,18H,3-8,11,13H2,1-2H3,(H,21,24)(H,22,25)/t15-,18+/m1/s1. The van der Waals surface area contributed by atoms with Crippen LogP contribution in [0.5, 0.6) is 5.75 Å². The molecule has 1 saturated carbocycles. The van der Waals surface area contributed by atoms with E-state index in [-0.39, 0.29) is 11.8 Å². The summed E-state index contributed by atoms with van der Waals surface area (Å²) in [6, 6.07) is 5.79. The van der Waals surface area contributed by atoms with E-state index in [1.54, 1.807) is 25.3 Å². The van der Waals surface area contributed by atoms with Crippen LogP contribution in [-0.2, 0) is 9.59 Å². The number of nitrogens with one attached hydrogen (secondary N) is 2. The van der Waals surface area contributed by atoms with Crippen molar-refractivity contribution in [1.82, 2.24) is 4.90 Å². The van der Waals surface area contributed by atoms with E-state index in [9.17, 15) is 9.59 Å². The third-order valence-electron chi connectivity index (χ3n) is 5.50. The van der Waals surface area contributed by atoms with Crippen LogP contribution in [0.3, 0.4) is 0 Å². The summed E-state index contributed by atoms with van der Waals surface area (Å²) in [5.41, 5.74) is 1.22. The maximum absolute atomic E-state index is 12.7. The van der Waals surface area contributed by atoms with E-state index in [0.717, 1.165) is 12.5 Å². The highest BCUT2D eigenvalue weighted by molar-refractivity contribution is 5.95.